The van der Waals surface area contributed by atoms with Crippen molar-refractivity contribution in [3.05, 3.63) is 11.8 Å². The Morgan fingerprint density at radius 3 is 2.77 bits per heavy atom. The Bertz CT molecular complexity index is 237. The average Bonchev–Trinajstić information content (AvgIpc) is 2.60. The number of aryl methyl sites for hydroxylation is 1. The average molecular weight is 185 g/mol. The molecule has 5 nitrogen and oxygen atoms in total. The van der Waals surface area contributed by atoms with Gasteiger partial charge < -0.3 is 14.9 Å². The van der Waals surface area contributed by atoms with E-state index >= 15 is 0 Å². The normalized spacial score (nSPS) is 10.6. The first-order valence-corrected chi connectivity index (χ1v) is 4.46. The molecule has 0 bridgehead atoms. The molecule has 0 saturated heterocycles. The van der Waals surface area contributed by atoms with Crippen LogP contribution in [-0.2, 0) is 17.8 Å². The fourth-order valence-electron chi connectivity index (χ4n) is 0.834. The van der Waals surface area contributed by atoms with E-state index in [9.17, 15) is 0 Å². The van der Waals surface area contributed by atoms with E-state index in [1.165, 1.54) is 0 Å². The lowest BCUT2D eigenvalue weighted by molar-refractivity contribution is 0.101. The van der Waals surface area contributed by atoms with E-state index in [4.69, 9.17) is 14.9 Å². The molecule has 5 heteroatoms. The van der Waals surface area contributed by atoms with Gasteiger partial charge in [0, 0.05) is 13.0 Å². The predicted octanol–water partition coefficient (Wildman–Crippen LogP) is 0.497. The summed E-state index contributed by atoms with van der Waals surface area (Å²) >= 11 is 0. The van der Waals surface area contributed by atoms with Gasteiger partial charge in [-0.2, -0.15) is 0 Å². The lowest BCUT2D eigenvalue weighted by Gasteiger charge is -1.97. The molecule has 0 aliphatic rings. The SMILES string of the molecule is CCc1nnc(COCCCN)o1. The van der Waals surface area contributed by atoms with Gasteiger partial charge in [0.1, 0.15) is 6.61 Å². The third-order valence-corrected chi connectivity index (χ3v) is 1.53. The molecule has 0 unspecified atom stereocenters. The quantitative estimate of drug-likeness (QED) is 0.653. The molecule has 0 fully saturated rings. The van der Waals surface area contributed by atoms with Crippen LogP contribution in [0, 0.1) is 0 Å². The van der Waals surface area contributed by atoms with Crippen LogP contribution in [0.3, 0.4) is 0 Å². The lowest BCUT2D eigenvalue weighted by Crippen LogP contribution is -2.04. The zero-order chi connectivity index (χ0) is 9.52. The Balaban J connectivity index is 2.20. The fourth-order valence-corrected chi connectivity index (χ4v) is 0.834. The molecule has 2 N–H and O–H groups in total. The van der Waals surface area contributed by atoms with E-state index in [1.807, 2.05) is 6.92 Å². The van der Waals surface area contributed by atoms with E-state index in [0.29, 0.717) is 31.5 Å². The molecule has 13 heavy (non-hydrogen) atoms. The molecule has 74 valence electrons. The molecule has 1 rings (SSSR count). The second kappa shape index (κ2) is 5.66. The van der Waals surface area contributed by atoms with Crippen molar-refractivity contribution in [2.45, 2.75) is 26.4 Å². The Kier molecular flexibility index (Phi) is 4.42. The lowest BCUT2D eigenvalue weighted by atomic mass is 10.5. The predicted molar refractivity (Wildman–Crippen MR) is 47.0 cm³/mol. The third-order valence-electron chi connectivity index (χ3n) is 1.53. The maximum absolute atomic E-state index is 5.30. The highest BCUT2D eigenvalue weighted by atomic mass is 16.5. The van der Waals surface area contributed by atoms with Crippen LogP contribution in [0.2, 0.25) is 0 Å². The molecule has 1 heterocycles. The second-order valence-electron chi connectivity index (χ2n) is 2.64. The van der Waals surface area contributed by atoms with E-state index in [2.05, 4.69) is 10.2 Å². The number of hydrogen-bond donors (Lipinski definition) is 1. The molecule has 1 aromatic heterocycles. The molecule has 0 aliphatic carbocycles. The van der Waals surface area contributed by atoms with E-state index in [1.54, 1.807) is 0 Å². The summed E-state index contributed by atoms with van der Waals surface area (Å²) in [6.45, 7) is 3.63. The van der Waals surface area contributed by atoms with Gasteiger partial charge in [0.2, 0.25) is 11.8 Å². The summed E-state index contributed by atoms with van der Waals surface area (Å²) < 4.78 is 10.5. The number of rotatable bonds is 6. The first-order chi connectivity index (χ1) is 6.36. The Labute approximate surface area is 77.3 Å². The van der Waals surface area contributed by atoms with Gasteiger partial charge >= 0.3 is 0 Å². The zero-order valence-corrected chi connectivity index (χ0v) is 7.82. The Morgan fingerprint density at radius 1 is 1.38 bits per heavy atom. The third kappa shape index (κ3) is 3.52. The molecule has 1 aromatic rings. The minimum absolute atomic E-state index is 0.382. The van der Waals surface area contributed by atoms with Crippen LogP contribution in [-0.4, -0.2) is 23.3 Å². The van der Waals surface area contributed by atoms with Crippen molar-refractivity contribution < 1.29 is 9.15 Å². The van der Waals surface area contributed by atoms with Crippen molar-refractivity contribution in [3.8, 4) is 0 Å². The monoisotopic (exact) mass is 185 g/mol. The summed E-state index contributed by atoms with van der Waals surface area (Å²) in [5.41, 5.74) is 5.30. The molecule has 0 aliphatic heterocycles. The van der Waals surface area contributed by atoms with Crippen molar-refractivity contribution in [2.75, 3.05) is 13.2 Å². The molecule has 0 aromatic carbocycles. The maximum atomic E-state index is 5.30. The van der Waals surface area contributed by atoms with Crippen LogP contribution in [0.4, 0.5) is 0 Å². The summed E-state index contributed by atoms with van der Waals surface area (Å²) in [5, 5.41) is 7.62. The standard InChI is InChI=1S/C8H15N3O2/c1-2-7-10-11-8(13-7)6-12-5-3-4-9/h2-6,9H2,1H3. The van der Waals surface area contributed by atoms with Gasteiger partial charge in [0.25, 0.3) is 0 Å². The second-order valence-corrected chi connectivity index (χ2v) is 2.64. The van der Waals surface area contributed by atoms with Gasteiger partial charge in [-0.05, 0) is 13.0 Å². The van der Waals surface area contributed by atoms with Gasteiger partial charge in [-0.3, -0.25) is 0 Å². The van der Waals surface area contributed by atoms with Gasteiger partial charge in [-0.25, -0.2) is 0 Å². The van der Waals surface area contributed by atoms with Crippen LogP contribution >= 0.6 is 0 Å². The molecule has 0 atom stereocenters. The summed E-state index contributed by atoms with van der Waals surface area (Å²) in [6.07, 6.45) is 1.62. The minimum Gasteiger partial charge on any atom is -0.423 e. The van der Waals surface area contributed by atoms with Crippen LogP contribution in [0.25, 0.3) is 0 Å². The first-order valence-electron chi connectivity index (χ1n) is 4.46. The topological polar surface area (TPSA) is 74.2 Å². The van der Waals surface area contributed by atoms with Crippen molar-refractivity contribution in [1.82, 2.24) is 10.2 Å². The Morgan fingerprint density at radius 2 is 2.15 bits per heavy atom. The molecule has 0 radical (unpaired) electrons. The van der Waals surface area contributed by atoms with Crippen LogP contribution in [0.1, 0.15) is 25.1 Å². The largest absolute Gasteiger partial charge is 0.423 e. The van der Waals surface area contributed by atoms with Gasteiger partial charge in [0.05, 0.1) is 0 Å². The number of nitrogens with two attached hydrogens (primary N) is 1. The van der Waals surface area contributed by atoms with Crippen molar-refractivity contribution in [3.63, 3.8) is 0 Å². The maximum Gasteiger partial charge on any atom is 0.242 e. The van der Waals surface area contributed by atoms with Crippen molar-refractivity contribution >= 4 is 0 Å². The van der Waals surface area contributed by atoms with Gasteiger partial charge in [0.15, 0.2) is 0 Å². The summed E-state index contributed by atoms with van der Waals surface area (Å²) in [6, 6.07) is 0. The molecule has 0 spiro atoms. The fraction of sp³-hybridized carbons (Fsp3) is 0.750. The van der Waals surface area contributed by atoms with Gasteiger partial charge in [-0.1, -0.05) is 6.92 Å². The highest BCUT2D eigenvalue weighted by molar-refractivity contribution is 4.78. The zero-order valence-electron chi connectivity index (χ0n) is 7.82. The first kappa shape index (κ1) is 10.1. The number of nitrogens with zero attached hydrogens (tertiary/aromatic N) is 2. The van der Waals surface area contributed by atoms with E-state index in [-0.39, 0.29) is 0 Å². The summed E-state index contributed by atoms with van der Waals surface area (Å²) in [7, 11) is 0. The van der Waals surface area contributed by atoms with Crippen LogP contribution in [0.15, 0.2) is 4.42 Å². The van der Waals surface area contributed by atoms with Crippen molar-refractivity contribution in [1.29, 1.82) is 0 Å². The highest BCUT2D eigenvalue weighted by Gasteiger charge is 2.02. The van der Waals surface area contributed by atoms with Crippen molar-refractivity contribution in [2.24, 2.45) is 5.73 Å². The summed E-state index contributed by atoms with van der Waals surface area (Å²) in [5.74, 6) is 1.19. The highest BCUT2D eigenvalue weighted by Crippen LogP contribution is 2.01. The van der Waals surface area contributed by atoms with Crippen LogP contribution < -0.4 is 5.73 Å². The van der Waals surface area contributed by atoms with Crippen LogP contribution in [0.5, 0.6) is 0 Å². The smallest absolute Gasteiger partial charge is 0.242 e. The van der Waals surface area contributed by atoms with E-state index < -0.39 is 0 Å². The number of ether oxygens (including phenoxy) is 1. The number of hydrogen-bond acceptors (Lipinski definition) is 5. The number of aromatic nitrogens is 2. The molecular formula is C8H15N3O2. The van der Waals surface area contributed by atoms with E-state index in [0.717, 1.165) is 12.8 Å². The minimum atomic E-state index is 0.382. The Hall–Kier alpha value is -0.940. The molecule has 0 amide bonds. The summed E-state index contributed by atoms with van der Waals surface area (Å²) in [4.78, 5) is 0. The van der Waals surface area contributed by atoms with Gasteiger partial charge in [-0.15, -0.1) is 10.2 Å². The molecular weight excluding hydrogens is 170 g/mol. The molecule has 0 saturated carbocycles.